The normalized spacial score (nSPS) is 11.2. The van der Waals surface area contributed by atoms with Crippen LogP contribution in [0.1, 0.15) is 34.4 Å². The second kappa shape index (κ2) is 19.7. The SMILES string of the molecule is O=C(CN(Cc1ccc(OCc2ccccc2)cc1)C(=O)[C@H](Cc1cnc[nH]1)NC(=O)OCc1ccccc1)NCCC(=O)OCc1ccccc1. The third kappa shape index (κ3) is 12.5. The van der Waals surface area contributed by atoms with E-state index in [-0.39, 0.29) is 45.7 Å². The molecule has 1 atom stereocenters. The number of benzene rings is 4. The molecule has 3 N–H and O–H groups in total. The smallest absolute Gasteiger partial charge is 0.408 e. The van der Waals surface area contributed by atoms with Gasteiger partial charge in [-0.15, -0.1) is 0 Å². The highest BCUT2D eigenvalue weighted by Gasteiger charge is 2.29. The molecule has 0 spiro atoms. The van der Waals surface area contributed by atoms with Crippen LogP contribution in [0.15, 0.2) is 128 Å². The highest BCUT2D eigenvalue weighted by atomic mass is 16.5. The zero-order chi connectivity index (χ0) is 36.4. The summed E-state index contributed by atoms with van der Waals surface area (Å²) in [5.74, 6) is -0.834. The molecule has 0 fully saturated rings. The zero-order valence-electron chi connectivity index (χ0n) is 28.6. The number of carbonyl (C=O) groups is 4. The van der Waals surface area contributed by atoms with Crippen molar-refractivity contribution in [2.24, 2.45) is 0 Å². The van der Waals surface area contributed by atoms with Gasteiger partial charge in [-0.2, -0.15) is 0 Å². The first kappa shape index (κ1) is 36.8. The zero-order valence-corrected chi connectivity index (χ0v) is 28.6. The molecule has 5 rings (SSSR count). The van der Waals surface area contributed by atoms with Gasteiger partial charge in [0.2, 0.25) is 11.8 Å². The fraction of sp³-hybridized carbons (Fsp3) is 0.225. The first-order valence-electron chi connectivity index (χ1n) is 16.9. The number of hydrogen-bond acceptors (Lipinski definition) is 8. The molecule has 3 amide bonds. The van der Waals surface area contributed by atoms with Crippen molar-refractivity contribution >= 4 is 23.9 Å². The molecule has 12 nitrogen and oxygen atoms in total. The molecule has 0 aliphatic rings. The lowest BCUT2D eigenvalue weighted by Gasteiger charge is -2.27. The molecule has 5 aromatic rings. The number of esters is 1. The molecular formula is C40H41N5O7. The summed E-state index contributed by atoms with van der Waals surface area (Å²) in [6, 6.07) is 34.3. The van der Waals surface area contributed by atoms with Gasteiger partial charge in [0.05, 0.1) is 19.3 Å². The molecule has 0 aliphatic carbocycles. The standard InChI is InChI=1S/C40H41N5O7/c46-37(42-21-20-38(47)51-27-32-12-6-2-7-13-32)25-45(24-30-16-18-35(19-17-30)50-26-31-10-4-1-5-11-31)39(48)36(22-34-23-41-29-43-34)44-40(49)52-28-33-14-8-3-9-15-33/h1-19,23,29,36H,20-22,24-28H2,(H,41,43)(H,42,46)(H,44,49)/t36-/m0/s1. The van der Waals surface area contributed by atoms with Crippen LogP contribution >= 0.6 is 0 Å². The van der Waals surface area contributed by atoms with E-state index < -0.39 is 29.9 Å². The quantitative estimate of drug-likeness (QED) is 0.107. The predicted octanol–water partition coefficient (Wildman–Crippen LogP) is 5.10. The number of amides is 3. The Morgan fingerprint density at radius 1 is 0.712 bits per heavy atom. The third-order valence-corrected chi connectivity index (χ3v) is 7.87. The number of aromatic amines is 1. The van der Waals surface area contributed by atoms with Crippen LogP contribution in [0.2, 0.25) is 0 Å². The van der Waals surface area contributed by atoms with Crippen LogP contribution in [0.4, 0.5) is 4.79 Å². The Labute approximate surface area is 302 Å². The molecule has 0 saturated heterocycles. The largest absolute Gasteiger partial charge is 0.489 e. The number of ether oxygens (including phenoxy) is 3. The maximum atomic E-state index is 14.2. The first-order valence-corrected chi connectivity index (χ1v) is 16.9. The summed E-state index contributed by atoms with van der Waals surface area (Å²) in [6.45, 7) is 0.255. The van der Waals surface area contributed by atoms with Crippen molar-refractivity contribution < 1.29 is 33.4 Å². The maximum absolute atomic E-state index is 14.2. The number of rotatable bonds is 18. The summed E-state index contributed by atoms with van der Waals surface area (Å²) < 4.78 is 16.6. The highest BCUT2D eigenvalue weighted by Crippen LogP contribution is 2.17. The molecule has 1 heterocycles. The van der Waals surface area contributed by atoms with Gasteiger partial charge in [0.25, 0.3) is 0 Å². The Hall–Kier alpha value is -6.43. The summed E-state index contributed by atoms with van der Waals surface area (Å²) >= 11 is 0. The van der Waals surface area contributed by atoms with E-state index in [0.29, 0.717) is 18.1 Å². The van der Waals surface area contributed by atoms with Crippen molar-refractivity contribution in [3.63, 3.8) is 0 Å². The summed E-state index contributed by atoms with van der Waals surface area (Å²) in [5, 5.41) is 5.38. The van der Waals surface area contributed by atoms with Crippen molar-refractivity contribution in [1.82, 2.24) is 25.5 Å². The second-order valence-electron chi connectivity index (χ2n) is 11.9. The van der Waals surface area contributed by atoms with Crippen molar-refractivity contribution in [3.05, 3.63) is 156 Å². The van der Waals surface area contributed by atoms with Crippen LogP contribution in [0.5, 0.6) is 5.75 Å². The van der Waals surface area contributed by atoms with Crippen molar-refractivity contribution in [1.29, 1.82) is 0 Å². The minimum atomic E-state index is -1.10. The number of H-pyrrole nitrogens is 1. The molecule has 0 radical (unpaired) electrons. The lowest BCUT2D eigenvalue weighted by Crippen LogP contribution is -2.52. The van der Waals surface area contributed by atoms with Crippen molar-refractivity contribution in [2.45, 2.75) is 45.2 Å². The van der Waals surface area contributed by atoms with E-state index in [1.54, 1.807) is 18.3 Å². The molecular weight excluding hydrogens is 662 g/mol. The molecule has 0 bridgehead atoms. The van der Waals surface area contributed by atoms with Crippen LogP contribution in [0.3, 0.4) is 0 Å². The van der Waals surface area contributed by atoms with Crippen molar-refractivity contribution in [3.8, 4) is 5.75 Å². The lowest BCUT2D eigenvalue weighted by atomic mass is 10.1. The molecule has 12 heteroatoms. The van der Waals surface area contributed by atoms with E-state index in [2.05, 4.69) is 20.6 Å². The number of imidazole rings is 1. The van der Waals surface area contributed by atoms with Gasteiger partial charge in [-0.3, -0.25) is 14.4 Å². The van der Waals surface area contributed by atoms with Gasteiger partial charge < -0.3 is 34.7 Å². The minimum absolute atomic E-state index is 0.0102. The molecule has 1 aromatic heterocycles. The van der Waals surface area contributed by atoms with Gasteiger partial charge in [0.1, 0.15) is 31.6 Å². The fourth-order valence-electron chi connectivity index (χ4n) is 5.15. The van der Waals surface area contributed by atoms with Gasteiger partial charge in [-0.05, 0) is 34.4 Å². The first-order chi connectivity index (χ1) is 25.4. The fourth-order valence-corrected chi connectivity index (χ4v) is 5.15. The molecule has 52 heavy (non-hydrogen) atoms. The predicted molar refractivity (Wildman–Crippen MR) is 192 cm³/mol. The van der Waals surface area contributed by atoms with Crippen LogP contribution in [0, 0.1) is 0 Å². The maximum Gasteiger partial charge on any atom is 0.408 e. The Balaban J connectivity index is 1.24. The lowest BCUT2D eigenvalue weighted by molar-refractivity contribution is -0.145. The summed E-state index contributed by atoms with van der Waals surface area (Å²) in [7, 11) is 0. The van der Waals surface area contributed by atoms with Crippen LogP contribution < -0.4 is 15.4 Å². The third-order valence-electron chi connectivity index (χ3n) is 7.87. The number of carbonyl (C=O) groups excluding carboxylic acids is 4. The van der Waals surface area contributed by atoms with Gasteiger partial charge in [0.15, 0.2) is 0 Å². The Morgan fingerprint density at radius 2 is 1.31 bits per heavy atom. The number of hydrogen-bond donors (Lipinski definition) is 3. The highest BCUT2D eigenvalue weighted by molar-refractivity contribution is 5.90. The van der Waals surface area contributed by atoms with E-state index in [1.807, 2.05) is 103 Å². The molecule has 0 unspecified atom stereocenters. The van der Waals surface area contributed by atoms with E-state index in [1.165, 1.54) is 11.2 Å². The molecule has 0 aliphatic heterocycles. The van der Waals surface area contributed by atoms with Gasteiger partial charge in [-0.25, -0.2) is 9.78 Å². The second-order valence-corrected chi connectivity index (χ2v) is 11.9. The molecule has 0 saturated carbocycles. The van der Waals surface area contributed by atoms with Crippen molar-refractivity contribution in [2.75, 3.05) is 13.1 Å². The molecule has 268 valence electrons. The van der Waals surface area contributed by atoms with E-state index in [4.69, 9.17) is 14.2 Å². The number of alkyl carbamates (subject to hydrolysis) is 1. The number of nitrogens with zero attached hydrogens (tertiary/aromatic N) is 2. The monoisotopic (exact) mass is 703 g/mol. The Kier molecular flexibility index (Phi) is 13.9. The van der Waals surface area contributed by atoms with Gasteiger partial charge in [0, 0.05) is 31.4 Å². The van der Waals surface area contributed by atoms with Gasteiger partial charge in [-0.1, -0.05) is 103 Å². The number of nitrogens with one attached hydrogen (secondary N) is 3. The van der Waals surface area contributed by atoms with E-state index in [0.717, 1.165) is 22.3 Å². The van der Waals surface area contributed by atoms with E-state index in [9.17, 15) is 19.2 Å². The van der Waals surface area contributed by atoms with E-state index >= 15 is 0 Å². The summed E-state index contributed by atoms with van der Waals surface area (Å²) in [4.78, 5) is 61.0. The topological polar surface area (TPSA) is 152 Å². The summed E-state index contributed by atoms with van der Waals surface area (Å²) in [5.41, 5.74) is 3.99. The van der Waals surface area contributed by atoms with Crippen LogP contribution in [0.25, 0.3) is 0 Å². The number of aromatic nitrogens is 2. The van der Waals surface area contributed by atoms with Crippen LogP contribution in [-0.2, 0) is 56.6 Å². The Bertz CT molecular complexity index is 1840. The van der Waals surface area contributed by atoms with Gasteiger partial charge >= 0.3 is 12.1 Å². The summed E-state index contributed by atoms with van der Waals surface area (Å²) in [6.07, 6.45) is 2.26. The average molecular weight is 704 g/mol. The average Bonchev–Trinajstić information content (AvgIpc) is 3.70. The molecule has 4 aromatic carbocycles. The Morgan fingerprint density at radius 3 is 1.90 bits per heavy atom. The minimum Gasteiger partial charge on any atom is -0.489 e. The van der Waals surface area contributed by atoms with Crippen LogP contribution in [-0.4, -0.2) is 57.9 Å².